The topological polar surface area (TPSA) is 71.4 Å². The van der Waals surface area contributed by atoms with Gasteiger partial charge in [0.1, 0.15) is 11.1 Å². The number of rotatable bonds is 8. The molecule has 3 rings (SSSR count). The number of nitrogens with one attached hydrogen (secondary N) is 2. The van der Waals surface area contributed by atoms with Crippen molar-refractivity contribution >= 4 is 41.3 Å². The summed E-state index contributed by atoms with van der Waals surface area (Å²) in [5.41, 5.74) is 2.16. The van der Waals surface area contributed by atoms with E-state index < -0.39 is 0 Å². The van der Waals surface area contributed by atoms with E-state index in [4.69, 9.17) is 9.73 Å². The van der Waals surface area contributed by atoms with Crippen LogP contribution in [0, 0.1) is 0 Å². The molecule has 1 aliphatic carbocycles. The van der Waals surface area contributed by atoms with Crippen LogP contribution < -0.4 is 15.4 Å². The lowest BCUT2D eigenvalue weighted by atomic mass is 10.2. The molecule has 0 amide bonds. The molecule has 1 aliphatic rings. The van der Waals surface area contributed by atoms with Crippen molar-refractivity contribution in [1.82, 2.24) is 20.6 Å². The van der Waals surface area contributed by atoms with Crippen LogP contribution in [0.25, 0.3) is 0 Å². The minimum absolute atomic E-state index is 0. The Labute approximate surface area is 195 Å². The molecule has 0 bridgehead atoms. The van der Waals surface area contributed by atoms with Crippen LogP contribution in [0.2, 0.25) is 0 Å². The van der Waals surface area contributed by atoms with Gasteiger partial charge < -0.3 is 15.4 Å². The van der Waals surface area contributed by atoms with Crippen molar-refractivity contribution < 1.29 is 4.74 Å². The lowest BCUT2D eigenvalue weighted by Gasteiger charge is -2.15. The van der Waals surface area contributed by atoms with Gasteiger partial charge in [-0.2, -0.15) is 0 Å². The molecular weight excluding hydrogens is 497 g/mol. The van der Waals surface area contributed by atoms with Crippen molar-refractivity contribution in [3.63, 3.8) is 0 Å². The molecule has 0 aliphatic heterocycles. The standard InChI is InChI=1S/C21H31N5OS.HI/c1-4-22-21(25-13-19-26-18(14-28-19)15(2)3)24-12-16-8-7-11-23-20(16)27-17-9-5-6-10-17;/h7-8,11,14-15,17H,4-6,9-10,12-13H2,1-3H3,(H2,22,24,25);1H. The van der Waals surface area contributed by atoms with Crippen LogP contribution in [-0.4, -0.2) is 28.6 Å². The SMILES string of the molecule is CCNC(=NCc1cccnc1OC1CCCC1)NCc1nc(C(C)C)cs1.I. The number of thiazole rings is 1. The summed E-state index contributed by atoms with van der Waals surface area (Å²) in [5, 5.41) is 9.88. The number of pyridine rings is 1. The van der Waals surface area contributed by atoms with Gasteiger partial charge in [0.05, 0.1) is 18.8 Å². The van der Waals surface area contributed by atoms with Gasteiger partial charge in [-0.25, -0.2) is 15.0 Å². The Morgan fingerprint density at radius 1 is 1.31 bits per heavy atom. The number of halogens is 1. The molecule has 1 saturated carbocycles. The molecule has 160 valence electrons. The van der Waals surface area contributed by atoms with Crippen molar-refractivity contribution in [3.8, 4) is 5.88 Å². The largest absolute Gasteiger partial charge is 0.474 e. The lowest BCUT2D eigenvalue weighted by molar-refractivity contribution is 0.199. The maximum atomic E-state index is 6.12. The van der Waals surface area contributed by atoms with Gasteiger partial charge in [-0.15, -0.1) is 35.3 Å². The van der Waals surface area contributed by atoms with E-state index in [0.29, 0.717) is 25.1 Å². The fraction of sp³-hybridized carbons (Fsp3) is 0.571. The molecule has 0 radical (unpaired) electrons. The van der Waals surface area contributed by atoms with Gasteiger partial charge in [-0.1, -0.05) is 19.9 Å². The molecule has 0 spiro atoms. The Bertz CT molecular complexity index is 774. The summed E-state index contributed by atoms with van der Waals surface area (Å²) in [6.07, 6.45) is 6.81. The third kappa shape index (κ3) is 7.40. The quantitative estimate of drug-likeness (QED) is 0.291. The van der Waals surface area contributed by atoms with Crippen LogP contribution in [-0.2, 0) is 13.1 Å². The first kappa shape index (κ1) is 23.9. The molecule has 0 unspecified atom stereocenters. The maximum Gasteiger partial charge on any atom is 0.218 e. The zero-order chi connectivity index (χ0) is 19.8. The Hall–Kier alpha value is -1.42. The summed E-state index contributed by atoms with van der Waals surface area (Å²) in [7, 11) is 0. The molecule has 6 nitrogen and oxygen atoms in total. The molecule has 0 atom stereocenters. The lowest BCUT2D eigenvalue weighted by Crippen LogP contribution is -2.36. The second-order valence-corrected chi connectivity index (χ2v) is 8.30. The molecule has 2 aromatic rings. The van der Waals surface area contributed by atoms with Gasteiger partial charge >= 0.3 is 0 Å². The number of ether oxygens (including phenoxy) is 1. The predicted octanol–water partition coefficient (Wildman–Crippen LogP) is 4.86. The second kappa shape index (κ2) is 12.3. The number of aliphatic imine (C=N–C) groups is 1. The number of hydrogen-bond acceptors (Lipinski definition) is 5. The van der Waals surface area contributed by atoms with Crippen LogP contribution in [0.4, 0.5) is 0 Å². The molecule has 2 heterocycles. The molecule has 0 saturated heterocycles. The third-order valence-electron chi connectivity index (χ3n) is 4.75. The number of aromatic nitrogens is 2. The van der Waals surface area contributed by atoms with Crippen LogP contribution in [0.1, 0.15) is 68.6 Å². The Morgan fingerprint density at radius 2 is 2.10 bits per heavy atom. The highest BCUT2D eigenvalue weighted by molar-refractivity contribution is 14.0. The highest BCUT2D eigenvalue weighted by Crippen LogP contribution is 2.25. The van der Waals surface area contributed by atoms with Crippen molar-refractivity contribution in [1.29, 1.82) is 0 Å². The normalized spacial score (nSPS) is 14.7. The molecule has 8 heteroatoms. The van der Waals surface area contributed by atoms with Crippen LogP contribution in [0.5, 0.6) is 5.88 Å². The average molecular weight is 529 g/mol. The van der Waals surface area contributed by atoms with Gasteiger partial charge in [0.15, 0.2) is 5.96 Å². The van der Waals surface area contributed by atoms with Gasteiger partial charge in [-0.3, -0.25) is 0 Å². The molecular formula is C21H32IN5OS. The van der Waals surface area contributed by atoms with E-state index in [2.05, 4.69) is 46.8 Å². The van der Waals surface area contributed by atoms with E-state index in [-0.39, 0.29) is 24.0 Å². The predicted molar refractivity (Wildman–Crippen MR) is 130 cm³/mol. The highest BCUT2D eigenvalue weighted by Gasteiger charge is 2.18. The third-order valence-corrected chi connectivity index (χ3v) is 5.62. The zero-order valence-electron chi connectivity index (χ0n) is 17.5. The summed E-state index contributed by atoms with van der Waals surface area (Å²) < 4.78 is 6.12. The number of guanidine groups is 1. The monoisotopic (exact) mass is 529 g/mol. The van der Waals surface area contributed by atoms with E-state index in [0.717, 1.165) is 47.5 Å². The van der Waals surface area contributed by atoms with E-state index in [9.17, 15) is 0 Å². The molecule has 0 aromatic carbocycles. The minimum Gasteiger partial charge on any atom is -0.474 e. The molecule has 1 fully saturated rings. The average Bonchev–Trinajstić information content (AvgIpc) is 3.37. The molecule has 2 N–H and O–H groups in total. The van der Waals surface area contributed by atoms with Crippen molar-refractivity contribution in [2.24, 2.45) is 4.99 Å². The maximum absolute atomic E-state index is 6.12. The Kier molecular flexibility index (Phi) is 10.1. The number of hydrogen-bond donors (Lipinski definition) is 2. The summed E-state index contributed by atoms with van der Waals surface area (Å²) in [4.78, 5) is 13.8. The highest BCUT2D eigenvalue weighted by atomic mass is 127. The first-order chi connectivity index (χ1) is 13.7. The van der Waals surface area contributed by atoms with Crippen molar-refractivity contribution in [2.45, 2.75) is 71.6 Å². The van der Waals surface area contributed by atoms with Gasteiger partial charge in [0, 0.05) is 23.7 Å². The summed E-state index contributed by atoms with van der Waals surface area (Å²) >= 11 is 1.69. The first-order valence-corrected chi connectivity index (χ1v) is 11.1. The summed E-state index contributed by atoms with van der Waals surface area (Å²) in [6.45, 7) is 8.39. The first-order valence-electron chi connectivity index (χ1n) is 10.2. The van der Waals surface area contributed by atoms with Crippen LogP contribution in [0.15, 0.2) is 28.7 Å². The molecule has 2 aromatic heterocycles. The Morgan fingerprint density at radius 3 is 2.79 bits per heavy atom. The summed E-state index contributed by atoms with van der Waals surface area (Å²) in [5.74, 6) is 1.95. The van der Waals surface area contributed by atoms with E-state index in [1.807, 2.05) is 12.1 Å². The van der Waals surface area contributed by atoms with Gasteiger partial charge in [0.2, 0.25) is 5.88 Å². The zero-order valence-corrected chi connectivity index (χ0v) is 20.6. The van der Waals surface area contributed by atoms with E-state index >= 15 is 0 Å². The molecule has 29 heavy (non-hydrogen) atoms. The summed E-state index contributed by atoms with van der Waals surface area (Å²) in [6, 6.07) is 3.98. The van der Waals surface area contributed by atoms with Crippen LogP contribution >= 0.6 is 35.3 Å². The fourth-order valence-electron chi connectivity index (χ4n) is 3.15. The Balaban J connectivity index is 0.00000300. The fourth-order valence-corrected chi connectivity index (χ4v) is 4.05. The van der Waals surface area contributed by atoms with Gasteiger partial charge in [0.25, 0.3) is 0 Å². The number of nitrogens with zero attached hydrogens (tertiary/aromatic N) is 3. The van der Waals surface area contributed by atoms with E-state index in [1.54, 1.807) is 17.5 Å². The van der Waals surface area contributed by atoms with Crippen molar-refractivity contribution in [3.05, 3.63) is 40.0 Å². The van der Waals surface area contributed by atoms with E-state index in [1.165, 1.54) is 12.8 Å². The second-order valence-electron chi connectivity index (χ2n) is 7.36. The van der Waals surface area contributed by atoms with Crippen LogP contribution in [0.3, 0.4) is 0 Å². The smallest absolute Gasteiger partial charge is 0.218 e. The minimum atomic E-state index is 0. The van der Waals surface area contributed by atoms with Crippen molar-refractivity contribution in [2.75, 3.05) is 6.54 Å². The van der Waals surface area contributed by atoms with Gasteiger partial charge in [-0.05, 0) is 44.6 Å².